The molecule has 0 saturated carbocycles. The van der Waals surface area contributed by atoms with Crippen LogP contribution < -0.4 is 0 Å². The second-order valence-corrected chi connectivity index (χ2v) is 9.70. The molecule has 216 valence electrons. The third-order valence-electron chi connectivity index (χ3n) is 6.91. The molecule has 0 aliphatic carbocycles. The third-order valence-corrected chi connectivity index (χ3v) is 6.91. The minimum atomic E-state index is 0.0612. The van der Waals surface area contributed by atoms with Crippen molar-refractivity contribution < 1.29 is 10.2 Å². The molecule has 4 aromatic rings. The Morgan fingerprint density at radius 3 is 0.500 bits per heavy atom. The van der Waals surface area contributed by atoms with E-state index in [2.05, 4.69) is 114 Å². The highest BCUT2D eigenvalue weighted by molar-refractivity contribution is 5.24. The fourth-order valence-corrected chi connectivity index (χ4v) is 3.78. The van der Waals surface area contributed by atoms with Crippen LogP contribution in [0.5, 0.6) is 0 Å². The quantitative estimate of drug-likeness (QED) is 0.234. The van der Waals surface area contributed by atoms with Gasteiger partial charge in [-0.25, -0.2) is 0 Å². The van der Waals surface area contributed by atoms with E-state index < -0.39 is 0 Å². The zero-order valence-electron chi connectivity index (χ0n) is 25.8. The highest BCUT2D eigenvalue weighted by Gasteiger charge is 1.91. The average molecular weight is 541 g/mol. The van der Waals surface area contributed by atoms with E-state index in [0.29, 0.717) is 0 Å². The van der Waals surface area contributed by atoms with Crippen molar-refractivity contribution in [3.63, 3.8) is 0 Å². The molecule has 0 atom stereocenters. The van der Waals surface area contributed by atoms with E-state index in [0.717, 1.165) is 49.7 Å². The number of aryl methyl sites for hydroxylation is 6. The molecule has 4 aromatic carbocycles. The van der Waals surface area contributed by atoms with Gasteiger partial charge in [0.15, 0.2) is 0 Å². The van der Waals surface area contributed by atoms with Crippen molar-refractivity contribution in [1.82, 2.24) is 0 Å². The first kappa shape index (κ1) is 34.8. The molecule has 0 unspecified atom stereocenters. The molecule has 0 saturated heterocycles. The molecular weight excluding hydrogens is 488 g/mol. The van der Waals surface area contributed by atoms with Crippen LogP contribution in [0, 0.1) is 0 Å². The van der Waals surface area contributed by atoms with E-state index >= 15 is 0 Å². The van der Waals surface area contributed by atoms with Crippen molar-refractivity contribution in [2.75, 3.05) is 0 Å². The van der Waals surface area contributed by atoms with Crippen molar-refractivity contribution in [2.45, 2.75) is 93.3 Å². The summed E-state index contributed by atoms with van der Waals surface area (Å²) < 4.78 is 0. The lowest BCUT2D eigenvalue weighted by atomic mass is 10.1. The van der Waals surface area contributed by atoms with Crippen LogP contribution in [0.4, 0.5) is 0 Å². The maximum atomic E-state index is 8.64. The fraction of sp³-hybridized carbons (Fsp3) is 0.368. The Morgan fingerprint density at radius 1 is 0.275 bits per heavy atom. The molecule has 0 aliphatic heterocycles. The molecule has 0 bridgehead atoms. The number of hydrogen-bond donors (Lipinski definition) is 2. The Hall–Kier alpha value is -3.20. The molecule has 2 heteroatoms. The summed E-state index contributed by atoms with van der Waals surface area (Å²) in [6, 6.07) is 33.7. The lowest BCUT2D eigenvalue weighted by Crippen LogP contribution is -1.85. The SMILES string of the molecule is CCc1ccc(CC)cc1.CCc1ccc(CC)cc1.CCc1ccc(CC)cc1.OCc1ccc(CO)cc1. The lowest BCUT2D eigenvalue weighted by Gasteiger charge is -1.97. The number of aliphatic hydroxyl groups excluding tert-OH is 2. The van der Waals surface area contributed by atoms with Gasteiger partial charge < -0.3 is 10.2 Å². The standard InChI is InChI=1S/3C10H14.C8H10O2/c3*1-3-9-5-7-10(4-2)8-6-9;9-5-7-1-2-8(6-10)4-3-7/h3*5-8H,3-4H2,1-2H3;1-4,9-10H,5-6H2. The van der Waals surface area contributed by atoms with Gasteiger partial charge in [-0.1, -0.05) is 139 Å². The van der Waals surface area contributed by atoms with Gasteiger partial charge in [0.2, 0.25) is 0 Å². The van der Waals surface area contributed by atoms with Gasteiger partial charge in [0, 0.05) is 0 Å². The Balaban J connectivity index is 0.000000267. The zero-order chi connectivity index (χ0) is 29.6. The molecule has 4 rings (SSSR count). The molecule has 0 radical (unpaired) electrons. The largest absolute Gasteiger partial charge is 0.392 e. The monoisotopic (exact) mass is 540 g/mol. The Bertz CT molecular complexity index is 844. The van der Waals surface area contributed by atoms with Crippen molar-refractivity contribution in [3.8, 4) is 0 Å². The predicted octanol–water partition coefficient (Wildman–Crippen LogP) is 9.11. The maximum Gasteiger partial charge on any atom is 0.0681 e. The van der Waals surface area contributed by atoms with E-state index in [-0.39, 0.29) is 13.2 Å². The summed E-state index contributed by atoms with van der Waals surface area (Å²) in [6.07, 6.45) is 6.86. The number of aliphatic hydroxyl groups is 2. The van der Waals surface area contributed by atoms with Gasteiger partial charge in [0.1, 0.15) is 0 Å². The molecule has 0 aliphatic rings. The van der Waals surface area contributed by atoms with Gasteiger partial charge in [0.05, 0.1) is 13.2 Å². The molecular formula is C38H52O2. The Labute approximate surface area is 244 Å². The van der Waals surface area contributed by atoms with Crippen molar-refractivity contribution >= 4 is 0 Å². The van der Waals surface area contributed by atoms with Crippen LogP contribution in [0.3, 0.4) is 0 Å². The summed E-state index contributed by atoms with van der Waals surface area (Å²) in [5.74, 6) is 0. The summed E-state index contributed by atoms with van der Waals surface area (Å²) in [7, 11) is 0. The van der Waals surface area contributed by atoms with Crippen LogP contribution in [0.2, 0.25) is 0 Å². The van der Waals surface area contributed by atoms with Crippen LogP contribution in [-0.2, 0) is 51.7 Å². The first-order valence-electron chi connectivity index (χ1n) is 15.0. The van der Waals surface area contributed by atoms with E-state index in [1.807, 2.05) is 0 Å². The van der Waals surface area contributed by atoms with Gasteiger partial charge in [0.25, 0.3) is 0 Å². The molecule has 0 aromatic heterocycles. The number of rotatable bonds is 8. The minimum Gasteiger partial charge on any atom is -0.392 e. The minimum absolute atomic E-state index is 0.0612. The van der Waals surface area contributed by atoms with E-state index in [9.17, 15) is 0 Å². The van der Waals surface area contributed by atoms with Gasteiger partial charge in [-0.05, 0) is 83.0 Å². The third kappa shape index (κ3) is 14.3. The summed E-state index contributed by atoms with van der Waals surface area (Å²) in [4.78, 5) is 0. The Kier molecular flexibility index (Phi) is 18.8. The first-order chi connectivity index (χ1) is 19.5. The molecule has 40 heavy (non-hydrogen) atoms. The summed E-state index contributed by atoms with van der Waals surface area (Å²) in [5, 5.41) is 17.3. The summed E-state index contributed by atoms with van der Waals surface area (Å²) in [6.45, 7) is 13.2. The van der Waals surface area contributed by atoms with Gasteiger partial charge in [-0.15, -0.1) is 0 Å². The van der Waals surface area contributed by atoms with Crippen molar-refractivity contribution in [3.05, 3.63) is 142 Å². The van der Waals surface area contributed by atoms with E-state index in [1.165, 1.54) is 33.4 Å². The first-order valence-corrected chi connectivity index (χ1v) is 15.0. The molecule has 0 fully saturated rings. The zero-order valence-corrected chi connectivity index (χ0v) is 25.8. The van der Waals surface area contributed by atoms with Crippen LogP contribution in [-0.4, -0.2) is 10.2 Å². The topological polar surface area (TPSA) is 40.5 Å². The molecule has 2 N–H and O–H groups in total. The lowest BCUT2D eigenvalue weighted by molar-refractivity contribution is 0.278. The highest BCUT2D eigenvalue weighted by atomic mass is 16.3. The summed E-state index contributed by atoms with van der Waals surface area (Å²) >= 11 is 0. The number of benzene rings is 4. The van der Waals surface area contributed by atoms with Crippen LogP contribution in [0.15, 0.2) is 97.1 Å². The van der Waals surface area contributed by atoms with Gasteiger partial charge in [-0.3, -0.25) is 0 Å². The van der Waals surface area contributed by atoms with Crippen LogP contribution >= 0.6 is 0 Å². The second-order valence-electron chi connectivity index (χ2n) is 9.70. The smallest absolute Gasteiger partial charge is 0.0681 e. The van der Waals surface area contributed by atoms with Crippen molar-refractivity contribution in [1.29, 1.82) is 0 Å². The van der Waals surface area contributed by atoms with E-state index in [4.69, 9.17) is 10.2 Å². The Morgan fingerprint density at radius 2 is 0.400 bits per heavy atom. The van der Waals surface area contributed by atoms with Crippen LogP contribution in [0.1, 0.15) is 86.1 Å². The second kappa shape index (κ2) is 21.6. The fourth-order valence-electron chi connectivity index (χ4n) is 3.78. The number of hydrogen-bond acceptors (Lipinski definition) is 2. The molecule has 2 nitrogen and oxygen atoms in total. The predicted molar refractivity (Wildman–Crippen MR) is 174 cm³/mol. The van der Waals surface area contributed by atoms with E-state index in [1.54, 1.807) is 24.3 Å². The highest BCUT2D eigenvalue weighted by Crippen LogP contribution is 2.07. The molecule has 0 heterocycles. The van der Waals surface area contributed by atoms with Gasteiger partial charge in [-0.2, -0.15) is 0 Å². The normalized spacial score (nSPS) is 9.80. The van der Waals surface area contributed by atoms with Crippen molar-refractivity contribution in [2.24, 2.45) is 0 Å². The molecule has 0 spiro atoms. The van der Waals surface area contributed by atoms with Gasteiger partial charge >= 0.3 is 0 Å². The average Bonchev–Trinajstić information content (AvgIpc) is 3.05. The summed E-state index contributed by atoms with van der Waals surface area (Å²) in [5.41, 5.74) is 10.3. The van der Waals surface area contributed by atoms with Crippen LogP contribution in [0.25, 0.3) is 0 Å². The molecule has 0 amide bonds. The maximum absolute atomic E-state index is 8.64.